The van der Waals surface area contributed by atoms with E-state index in [0.717, 1.165) is 11.4 Å². The molecule has 0 heterocycles. The molecule has 0 radical (unpaired) electrons. The SMILES string of the molecule is CNCC(C)CNC(=O)c1cc(SC)ccc1Cl. The lowest BCUT2D eigenvalue weighted by molar-refractivity contribution is 0.0948. The van der Waals surface area contributed by atoms with Crippen molar-refractivity contribution in [2.75, 3.05) is 26.4 Å². The zero-order valence-electron chi connectivity index (χ0n) is 10.9. The number of benzene rings is 1. The summed E-state index contributed by atoms with van der Waals surface area (Å²) in [6, 6.07) is 5.50. The Kier molecular flexibility index (Phi) is 6.54. The third kappa shape index (κ3) is 4.52. The highest BCUT2D eigenvalue weighted by Gasteiger charge is 2.12. The molecule has 0 aliphatic rings. The Balaban J connectivity index is 2.66. The maximum Gasteiger partial charge on any atom is 0.252 e. The molecule has 0 spiro atoms. The van der Waals surface area contributed by atoms with Gasteiger partial charge in [-0.2, -0.15) is 0 Å². The van der Waals surface area contributed by atoms with Crippen LogP contribution in [0, 0.1) is 5.92 Å². The summed E-state index contributed by atoms with van der Waals surface area (Å²) in [7, 11) is 1.90. The highest BCUT2D eigenvalue weighted by Crippen LogP contribution is 2.22. The molecule has 1 atom stereocenters. The lowest BCUT2D eigenvalue weighted by Gasteiger charge is -2.13. The van der Waals surface area contributed by atoms with Crippen LogP contribution >= 0.6 is 23.4 Å². The first-order valence-electron chi connectivity index (χ1n) is 5.84. The van der Waals surface area contributed by atoms with E-state index in [1.54, 1.807) is 17.8 Å². The topological polar surface area (TPSA) is 41.1 Å². The van der Waals surface area contributed by atoms with E-state index in [9.17, 15) is 4.79 Å². The van der Waals surface area contributed by atoms with Gasteiger partial charge in [0.1, 0.15) is 0 Å². The van der Waals surface area contributed by atoms with E-state index in [4.69, 9.17) is 11.6 Å². The van der Waals surface area contributed by atoms with Crippen molar-refractivity contribution in [3.8, 4) is 0 Å². The average molecular weight is 287 g/mol. The quantitative estimate of drug-likeness (QED) is 0.790. The van der Waals surface area contributed by atoms with Crippen molar-refractivity contribution in [3.05, 3.63) is 28.8 Å². The fourth-order valence-electron chi connectivity index (χ4n) is 1.59. The van der Waals surface area contributed by atoms with Crippen molar-refractivity contribution in [2.24, 2.45) is 5.92 Å². The summed E-state index contributed by atoms with van der Waals surface area (Å²) in [6.07, 6.45) is 1.97. The van der Waals surface area contributed by atoms with Crippen LogP contribution < -0.4 is 10.6 Å². The fraction of sp³-hybridized carbons (Fsp3) is 0.462. The molecule has 0 bridgehead atoms. The van der Waals surface area contributed by atoms with Crippen LogP contribution in [-0.4, -0.2) is 32.3 Å². The molecular formula is C13H19ClN2OS. The van der Waals surface area contributed by atoms with Crippen molar-refractivity contribution in [1.29, 1.82) is 0 Å². The highest BCUT2D eigenvalue weighted by atomic mass is 35.5. The van der Waals surface area contributed by atoms with E-state index < -0.39 is 0 Å². The number of hydrogen-bond donors (Lipinski definition) is 2. The van der Waals surface area contributed by atoms with Crippen LogP contribution in [0.25, 0.3) is 0 Å². The minimum absolute atomic E-state index is 0.112. The molecule has 1 aromatic rings. The zero-order chi connectivity index (χ0) is 13.5. The van der Waals surface area contributed by atoms with Gasteiger partial charge in [-0.1, -0.05) is 18.5 Å². The Morgan fingerprint density at radius 1 is 1.44 bits per heavy atom. The first-order valence-corrected chi connectivity index (χ1v) is 7.45. The first kappa shape index (κ1) is 15.3. The number of amides is 1. The lowest BCUT2D eigenvalue weighted by Crippen LogP contribution is -2.32. The summed E-state index contributed by atoms with van der Waals surface area (Å²) in [5, 5.41) is 6.48. The smallest absolute Gasteiger partial charge is 0.252 e. The molecular weight excluding hydrogens is 268 g/mol. The van der Waals surface area contributed by atoms with Crippen LogP contribution in [0.1, 0.15) is 17.3 Å². The van der Waals surface area contributed by atoms with Gasteiger partial charge in [0.05, 0.1) is 10.6 Å². The largest absolute Gasteiger partial charge is 0.352 e. The predicted octanol–water partition coefficient (Wildman–Crippen LogP) is 2.65. The second kappa shape index (κ2) is 7.67. The Morgan fingerprint density at radius 3 is 2.78 bits per heavy atom. The molecule has 0 saturated heterocycles. The van der Waals surface area contributed by atoms with Gasteiger partial charge >= 0.3 is 0 Å². The van der Waals surface area contributed by atoms with E-state index in [1.807, 2.05) is 25.4 Å². The van der Waals surface area contributed by atoms with E-state index in [0.29, 0.717) is 23.0 Å². The number of thioether (sulfide) groups is 1. The van der Waals surface area contributed by atoms with Crippen molar-refractivity contribution >= 4 is 29.3 Å². The van der Waals surface area contributed by atoms with E-state index in [1.165, 1.54) is 0 Å². The third-order valence-corrected chi connectivity index (χ3v) is 3.64. The van der Waals surface area contributed by atoms with Gasteiger partial charge in [-0.05, 0) is 44.0 Å². The van der Waals surface area contributed by atoms with Crippen LogP contribution in [0.4, 0.5) is 0 Å². The second-order valence-electron chi connectivity index (χ2n) is 4.22. The van der Waals surface area contributed by atoms with Gasteiger partial charge in [0.2, 0.25) is 0 Å². The molecule has 3 nitrogen and oxygen atoms in total. The van der Waals surface area contributed by atoms with Crippen LogP contribution in [0.2, 0.25) is 5.02 Å². The number of carbonyl (C=O) groups excluding carboxylic acids is 1. The lowest BCUT2D eigenvalue weighted by atomic mass is 10.1. The minimum atomic E-state index is -0.112. The number of carbonyl (C=O) groups is 1. The molecule has 1 rings (SSSR count). The molecule has 18 heavy (non-hydrogen) atoms. The number of nitrogens with one attached hydrogen (secondary N) is 2. The summed E-state index contributed by atoms with van der Waals surface area (Å²) in [5.41, 5.74) is 0.542. The monoisotopic (exact) mass is 286 g/mol. The van der Waals surface area contributed by atoms with Crippen LogP contribution in [0.15, 0.2) is 23.1 Å². The number of hydrogen-bond acceptors (Lipinski definition) is 3. The molecule has 0 aliphatic heterocycles. The van der Waals surface area contributed by atoms with Gasteiger partial charge in [-0.25, -0.2) is 0 Å². The van der Waals surface area contributed by atoms with Crippen molar-refractivity contribution < 1.29 is 4.79 Å². The zero-order valence-corrected chi connectivity index (χ0v) is 12.5. The summed E-state index contributed by atoms with van der Waals surface area (Å²) < 4.78 is 0. The molecule has 1 unspecified atom stereocenters. The van der Waals surface area contributed by atoms with Crippen LogP contribution in [0.3, 0.4) is 0 Å². The summed E-state index contributed by atoms with van der Waals surface area (Å²) in [5.74, 6) is 0.278. The molecule has 5 heteroatoms. The average Bonchev–Trinajstić information content (AvgIpc) is 2.37. The summed E-state index contributed by atoms with van der Waals surface area (Å²) >= 11 is 7.64. The molecule has 100 valence electrons. The van der Waals surface area contributed by atoms with Crippen LogP contribution in [0.5, 0.6) is 0 Å². The number of rotatable bonds is 6. The van der Waals surface area contributed by atoms with Gasteiger partial charge in [-0.15, -0.1) is 11.8 Å². The van der Waals surface area contributed by atoms with Crippen molar-refractivity contribution in [2.45, 2.75) is 11.8 Å². The van der Waals surface area contributed by atoms with E-state index >= 15 is 0 Å². The summed E-state index contributed by atoms with van der Waals surface area (Å²) in [6.45, 7) is 3.59. The molecule has 0 saturated carbocycles. The molecule has 1 amide bonds. The Labute approximate surface area is 118 Å². The van der Waals surface area contributed by atoms with Gasteiger partial charge in [0.15, 0.2) is 0 Å². The van der Waals surface area contributed by atoms with E-state index in [-0.39, 0.29) is 5.91 Å². The van der Waals surface area contributed by atoms with Crippen molar-refractivity contribution in [3.63, 3.8) is 0 Å². The van der Waals surface area contributed by atoms with Gasteiger partial charge < -0.3 is 10.6 Å². The second-order valence-corrected chi connectivity index (χ2v) is 5.51. The normalized spacial score (nSPS) is 12.2. The van der Waals surface area contributed by atoms with E-state index in [2.05, 4.69) is 17.6 Å². The third-order valence-electron chi connectivity index (χ3n) is 2.58. The molecule has 1 aromatic carbocycles. The number of halogens is 1. The Morgan fingerprint density at radius 2 is 2.17 bits per heavy atom. The Bertz CT molecular complexity index is 412. The molecule has 2 N–H and O–H groups in total. The van der Waals surface area contributed by atoms with Crippen LogP contribution in [-0.2, 0) is 0 Å². The summed E-state index contributed by atoms with van der Waals surface area (Å²) in [4.78, 5) is 13.1. The Hall–Kier alpha value is -0.710. The van der Waals surface area contributed by atoms with Gasteiger partial charge in [-0.3, -0.25) is 4.79 Å². The minimum Gasteiger partial charge on any atom is -0.352 e. The van der Waals surface area contributed by atoms with Gasteiger partial charge in [0, 0.05) is 11.4 Å². The molecule has 0 aromatic heterocycles. The molecule has 0 aliphatic carbocycles. The van der Waals surface area contributed by atoms with Crippen molar-refractivity contribution in [1.82, 2.24) is 10.6 Å². The first-order chi connectivity index (χ1) is 8.58. The maximum atomic E-state index is 12.0. The highest BCUT2D eigenvalue weighted by molar-refractivity contribution is 7.98. The maximum absolute atomic E-state index is 12.0. The molecule has 0 fully saturated rings. The standard InChI is InChI=1S/C13H19ClN2OS/c1-9(7-15-2)8-16-13(17)11-6-10(18-3)4-5-12(11)14/h4-6,9,15H,7-8H2,1-3H3,(H,16,17). The van der Waals surface area contributed by atoms with Gasteiger partial charge in [0.25, 0.3) is 5.91 Å². The predicted molar refractivity (Wildman–Crippen MR) is 78.7 cm³/mol. The fourth-order valence-corrected chi connectivity index (χ4v) is 2.23.